The molecule has 0 bridgehead atoms. The maximum absolute atomic E-state index is 10.8. The maximum Gasteiger partial charge on any atom is 0.263 e. The van der Waals surface area contributed by atoms with E-state index in [1.807, 2.05) is 56.6 Å². The first-order chi connectivity index (χ1) is 13.0. The first kappa shape index (κ1) is 21.4. The van der Waals surface area contributed by atoms with Gasteiger partial charge in [-0.2, -0.15) is 11.8 Å². The molecule has 0 aliphatic carbocycles. The van der Waals surface area contributed by atoms with Crippen molar-refractivity contribution in [2.75, 3.05) is 26.4 Å². The van der Waals surface area contributed by atoms with Gasteiger partial charge in [-0.15, -0.1) is 0 Å². The minimum atomic E-state index is -0.414. The van der Waals surface area contributed by atoms with Crippen LogP contribution < -0.4 is 5.32 Å². The van der Waals surface area contributed by atoms with Crippen LogP contribution in [0, 0.1) is 10.1 Å². The van der Waals surface area contributed by atoms with E-state index >= 15 is 0 Å². The molecule has 0 saturated heterocycles. The van der Waals surface area contributed by atoms with Crippen molar-refractivity contribution in [2.45, 2.75) is 18.1 Å². The second-order valence-electron chi connectivity index (χ2n) is 6.14. The van der Waals surface area contributed by atoms with Crippen molar-refractivity contribution in [1.29, 1.82) is 0 Å². The minimum Gasteiger partial charge on any atom is -0.464 e. The first-order valence-electron chi connectivity index (χ1n) is 8.59. The van der Waals surface area contributed by atoms with Crippen molar-refractivity contribution in [1.82, 2.24) is 10.2 Å². The van der Waals surface area contributed by atoms with Crippen LogP contribution in [0.5, 0.6) is 0 Å². The number of hydrogen-bond donors (Lipinski definition) is 1. The normalized spacial score (nSPS) is 11.7. The molecule has 0 fully saturated rings. The van der Waals surface area contributed by atoms with Gasteiger partial charge in [0.2, 0.25) is 0 Å². The molecule has 8 heteroatoms. The molecule has 6 nitrogen and oxygen atoms in total. The molecule has 0 saturated carbocycles. The molecule has 2 aromatic rings. The number of nitrogens with zero attached hydrogens (tertiary/aromatic N) is 2. The second kappa shape index (κ2) is 11.7. The third-order valence-electron chi connectivity index (χ3n) is 3.44. The van der Waals surface area contributed by atoms with Crippen molar-refractivity contribution < 1.29 is 9.34 Å². The van der Waals surface area contributed by atoms with E-state index in [0.29, 0.717) is 17.3 Å². The van der Waals surface area contributed by atoms with E-state index in [9.17, 15) is 10.1 Å². The highest BCUT2D eigenvalue weighted by Gasteiger charge is 2.06. The highest BCUT2D eigenvalue weighted by molar-refractivity contribution is 8.02. The Labute approximate surface area is 168 Å². The van der Waals surface area contributed by atoms with Crippen molar-refractivity contribution in [3.63, 3.8) is 0 Å². The lowest BCUT2D eigenvalue weighted by Gasteiger charge is -2.08. The molecule has 0 aliphatic rings. The third kappa shape index (κ3) is 9.03. The van der Waals surface area contributed by atoms with Gasteiger partial charge < -0.3 is 14.6 Å². The van der Waals surface area contributed by atoms with Crippen LogP contribution in [0.2, 0.25) is 0 Å². The Morgan fingerprint density at radius 3 is 2.63 bits per heavy atom. The van der Waals surface area contributed by atoms with Crippen LogP contribution in [0.1, 0.15) is 17.1 Å². The summed E-state index contributed by atoms with van der Waals surface area (Å²) in [5.74, 6) is 4.24. The summed E-state index contributed by atoms with van der Waals surface area (Å²) in [6.07, 6.45) is 1.04. The molecular weight excluding hydrogens is 382 g/mol. The Balaban J connectivity index is 1.70. The van der Waals surface area contributed by atoms with Crippen molar-refractivity contribution in [2.24, 2.45) is 0 Å². The van der Waals surface area contributed by atoms with Gasteiger partial charge in [0.25, 0.3) is 6.20 Å². The van der Waals surface area contributed by atoms with E-state index in [4.69, 9.17) is 4.42 Å². The number of furan rings is 1. The number of thioether (sulfide) groups is 2. The van der Waals surface area contributed by atoms with Gasteiger partial charge >= 0.3 is 0 Å². The molecule has 1 N–H and O–H groups in total. The molecule has 27 heavy (non-hydrogen) atoms. The van der Waals surface area contributed by atoms with Gasteiger partial charge in [-0.25, -0.2) is 0 Å². The summed E-state index contributed by atoms with van der Waals surface area (Å²) in [7, 11) is 4.02. The van der Waals surface area contributed by atoms with E-state index in [1.165, 1.54) is 11.8 Å². The average Bonchev–Trinajstić information content (AvgIpc) is 3.06. The zero-order valence-electron chi connectivity index (χ0n) is 15.6. The number of rotatable bonds is 12. The van der Waals surface area contributed by atoms with E-state index in [2.05, 4.69) is 10.2 Å². The van der Waals surface area contributed by atoms with Crippen LogP contribution >= 0.6 is 23.5 Å². The number of nitrogens with one attached hydrogen (secondary N) is 1. The molecule has 1 aromatic heterocycles. The Bertz CT molecular complexity index is 733. The quantitative estimate of drug-likeness (QED) is 0.322. The van der Waals surface area contributed by atoms with Gasteiger partial charge in [-0.1, -0.05) is 42.1 Å². The van der Waals surface area contributed by atoms with E-state index in [0.717, 1.165) is 41.3 Å². The predicted molar refractivity (Wildman–Crippen MR) is 113 cm³/mol. The molecule has 0 spiro atoms. The summed E-state index contributed by atoms with van der Waals surface area (Å²) in [6, 6.07) is 13.9. The standard InChI is InChI=1S/C19H25N3O3S2/c1-21(2)12-17-8-9-18(25-17)15-26-11-10-20-19(13-22(23)24)27-14-16-6-4-3-5-7-16/h3-9,13,20H,10-12,14-15H2,1-2H3/b19-13+. The maximum atomic E-state index is 10.8. The summed E-state index contributed by atoms with van der Waals surface area (Å²) >= 11 is 3.18. The van der Waals surface area contributed by atoms with Crippen LogP contribution in [0.4, 0.5) is 0 Å². The van der Waals surface area contributed by atoms with Crippen LogP contribution in [0.15, 0.2) is 58.1 Å². The first-order valence-corrected chi connectivity index (χ1v) is 10.7. The fourth-order valence-electron chi connectivity index (χ4n) is 2.28. The van der Waals surface area contributed by atoms with E-state index < -0.39 is 4.92 Å². The molecule has 2 rings (SSSR count). The molecule has 0 amide bonds. The SMILES string of the molecule is CN(C)Cc1ccc(CSCCN/C(=C\[N+](=O)[O-])SCc2ccccc2)o1. The van der Waals surface area contributed by atoms with Gasteiger partial charge in [0, 0.05) is 18.1 Å². The monoisotopic (exact) mass is 407 g/mol. The van der Waals surface area contributed by atoms with E-state index in [-0.39, 0.29) is 0 Å². The van der Waals surface area contributed by atoms with Crippen molar-refractivity contribution in [3.05, 3.63) is 80.9 Å². The summed E-state index contributed by atoms with van der Waals surface area (Å²) in [4.78, 5) is 12.5. The number of hydrogen-bond acceptors (Lipinski definition) is 7. The minimum absolute atomic E-state index is 0.414. The van der Waals surface area contributed by atoms with Crippen LogP contribution in [0.25, 0.3) is 0 Å². The van der Waals surface area contributed by atoms with Gasteiger partial charge in [0.15, 0.2) is 0 Å². The van der Waals surface area contributed by atoms with E-state index in [1.54, 1.807) is 11.8 Å². The van der Waals surface area contributed by atoms with Crippen LogP contribution in [-0.2, 0) is 18.1 Å². The molecule has 146 valence electrons. The Kier molecular flexibility index (Phi) is 9.30. The molecule has 0 aliphatic heterocycles. The fraction of sp³-hybridized carbons (Fsp3) is 0.368. The smallest absolute Gasteiger partial charge is 0.263 e. The fourth-order valence-corrected chi connectivity index (χ4v) is 3.91. The molecular formula is C19H25N3O3S2. The highest BCUT2D eigenvalue weighted by atomic mass is 32.2. The summed E-state index contributed by atoms with van der Waals surface area (Å²) in [6.45, 7) is 1.46. The van der Waals surface area contributed by atoms with Crippen molar-refractivity contribution in [3.8, 4) is 0 Å². The lowest BCUT2D eigenvalue weighted by molar-refractivity contribution is -0.403. The Morgan fingerprint density at radius 2 is 1.93 bits per heavy atom. The zero-order valence-corrected chi connectivity index (χ0v) is 17.2. The average molecular weight is 408 g/mol. The van der Waals surface area contributed by atoms with Gasteiger partial charge in [-0.05, 0) is 31.8 Å². The van der Waals surface area contributed by atoms with Gasteiger partial charge in [-0.3, -0.25) is 10.1 Å². The zero-order chi connectivity index (χ0) is 19.5. The van der Waals surface area contributed by atoms with Crippen LogP contribution in [0.3, 0.4) is 0 Å². The highest BCUT2D eigenvalue weighted by Crippen LogP contribution is 2.20. The second-order valence-corrected chi connectivity index (χ2v) is 8.26. The topological polar surface area (TPSA) is 71.5 Å². The van der Waals surface area contributed by atoms with Crippen LogP contribution in [-0.4, -0.2) is 36.2 Å². The molecule has 1 aromatic carbocycles. The Morgan fingerprint density at radius 1 is 1.19 bits per heavy atom. The van der Waals surface area contributed by atoms with Crippen molar-refractivity contribution >= 4 is 23.5 Å². The molecule has 0 unspecified atom stereocenters. The number of benzene rings is 1. The predicted octanol–water partition coefficient (Wildman–Crippen LogP) is 4.17. The Hall–Kier alpha value is -1.90. The third-order valence-corrected chi connectivity index (χ3v) is 5.46. The lowest BCUT2D eigenvalue weighted by Crippen LogP contribution is -2.16. The summed E-state index contributed by atoms with van der Waals surface area (Å²) in [5, 5.41) is 14.6. The summed E-state index contributed by atoms with van der Waals surface area (Å²) < 4.78 is 5.77. The molecule has 0 radical (unpaired) electrons. The largest absolute Gasteiger partial charge is 0.464 e. The van der Waals surface area contributed by atoms with Gasteiger partial charge in [0.05, 0.1) is 17.2 Å². The number of nitro groups is 1. The summed E-state index contributed by atoms with van der Waals surface area (Å²) in [5.41, 5.74) is 1.14. The molecule has 0 atom stereocenters. The van der Waals surface area contributed by atoms with Gasteiger partial charge in [0.1, 0.15) is 16.5 Å². The molecule has 1 heterocycles. The lowest BCUT2D eigenvalue weighted by atomic mass is 10.2.